The van der Waals surface area contributed by atoms with Gasteiger partial charge in [-0.15, -0.1) is 11.8 Å². The number of fused-ring (bicyclic) bond motifs is 1. The Bertz CT molecular complexity index is 914. The van der Waals surface area contributed by atoms with Crippen molar-refractivity contribution in [2.45, 2.75) is 32.1 Å². The lowest BCUT2D eigenvalue weighted by atomic mass is 10.1. The Labute approximate surface area is 186 Å². The summed E-state index contributed by atoms with van der Waals surface area (Å²) in [6.45, 7) is 0.151. The number of hydrogen-bond donors (Lipinski definition) is 1. The predicted octanol–water partition coefficient (Wildman–Crippen LogP) is 3.86. The Morgan fingerprint density at radius 3 is 2.06 bits per heavy atom. The summed E-state index contributed by atoms with van der Waals surface area (Å²) in [5.74, 6) is -6.50. The standard InChI is InChI=1S/C22H22F5NO5/c23-16-17(24)19(26)21(20(27)18(16)25)33-15(29)7-9-31-10-8-28-22(30)32-11-14-12-5-3-1-2-4-6-13(12)14/h12-14H,3-11H2,(H,28,30). The van der Waals surface area contributed by atoms with Gasteiger partial charge in [-0.3, -0.25) is 4.79 Å². The molecule has 180 valence electrons. The molecule has 0 spiro atoms. The van der Waals surface area contributed by atoms with Gasteiger partial charge >= 0.3 is 12.1 Å². The number of esters is 1. The maximum absolute atomic E-state index is 13.5. The number of carbonyl (C=O) groups excluding carboxylic acids is 2. The monoisotopic (exact) mass is 475 g/mol. The third-order valence-corrected chi connectivity index (χ3v) is 5.60. The summed E-state index contributed by atoms with van der Waals surface area (Å²) < 4.78 is 80.7. The molecule has 0 heterocycles. The summed E-state index contributed by atoms with van der Waals surface area (Å²) >= 11 is 0. The molecule has 2 aliphatic rings. The topological polar surface area (TPSA) is 73.9 Å². The molecule has 1 aromatic rings. The molecule has 1 aromatic carbocycles. The number of ether oxygens (including phenoxy) is 3. The average molecular weight is 475 g/mol. The number of halogens is 5. The van der Waals surface area contributed by atoms with Gasteiger partial charge < -0.3 is 19.5 Å². The maximum atomic E-state index is 13.5. The Balaban J connectivity index is 1.27. The van der Waals surface area contributed by atoms with Gasteiger partial charge in [0.05, 0.1) is 26.2 Å². The van der Waals surface area contributed by atoms with Crippen LogP contribution in [-0.4, -0.2) is 38.4 Å². The molecule has 6 nitrogen and oxygen atoms in total. The van der Waals surface area contributed by atoms with Crippen molar-refractivity contribution in [2.24, 2.45) is 17.8 Å². The van der Waals surface area contributed by atoms with Crippen LogP contribution < -0.4 is 10.1 Å². The highest BCUT2D eigenvalue weighted by atomic mass is 19.2. The number of rotatable bonds is 9. The molecule has 1 fully saturated rings. The summed E-state index contributed by atoms with van der Waals surface area (Å²) in [5.41, 5.74) is 0. The quantitative estimate of drug-likeness (QED) is 0.112. The fourth-order valence-corrected chi connectivity index (χ4v) is 3.83. The number of carbonyl (C=O) groups is 2. The van der Waals surface area contributed by atoms with E-state index in [9.17, 15) is 31.5 Å². The molecule has 1 N–H and O–H groups in total. The number of nitrogens with one attached hydrogen (secondary N) is 1. The van der Waals surface area contributed by atoms with Crippen molar-refractivity contribution in [2.75, 3.05) is 26.4 Å². The highest BCUT2D eigenvalue weighted by molar-refractivity contribution is 5.72. The van der Waals surface area contributed by atoms with Gasteiger partial charge in [-0.1, -0.05) is 0 Å². The molecule has 2 atom stereocenters. The van der Waals surface area contributed by atoms with E-state index in [0.29, 0.717) is 24.4 Å². The van der Waals surface area contributed by atoms with Crippen LogP contribution in [0, 0.1) is 58.7 Å². The lowest BCUT2D eigenvalue weighted by molar-refractivity contribution is -0.136. The fraction of sp³-hybridized carbons (Fsp3) is 0.545. The number of benzene rings is 1. The summed E-state index contributed by atoms with van der Waals surface area (Å²) in [6.07, 6.45) is 2.67. The van der Waals surface area contributed by atoms with Gasteiger partial charge in [-0.25, -0.2) is 18.0 Å². The Morgan fingerprint density at radius 2 is 1.45 bits per heavy atom. The molecule has 0 radical (unpaired) electrons. The molecule has 11 heteroatoms. The van der Waals surface area contributed by atoms with E-state index in [4.69, 9.17) is 9.47 Å². The Kier molecular flexibility index (Phi) is 8.49. The zero-order chi connectivity index (χ0) is 24.0. The smallest absolute Gasteiger partial charge is 0.407 e. The molecule has 0 aliphatic heterocycles. The van der Waals surface area contributed by atoms with Crippen LogP contribution >= 0.6 is 0 Å². The third kappa shape index (κ3) is 6.35. The van der Waals surface area contributed by atoms with E-state index >= 15 is 0 Å². The first-order valence-electron chi connectivity index (χ1n) is 10.5. The van der Waals surface area contributed by atoms with Crippen molar-refractivity contribution in [3.8, 4) is 17.6 Å². The highest BCUT2D eigenvalue weighted by Gasteiger charge is 2.49. The summed E-state index contributed by atoms with van der Waals surface area (Å²) in [6, 6.07) is 0. The van der Waals surface area contributed by atoms with Crippen LogP contribution in [0.1, 0.15) is 32.1 Å². The predicted molar refractivity (Wildman–Crippen MR) is 103 cm³/mol. The van der Waals surface area contributed by atoms with Gasteiger partial charge in [0.25, 0.3) is 0 Å². The molecule has 2 aliphatic carbocycles. The number of hydrogen-bond acceptors (Lipinski definition) is 5. The van der Waals surface area contributed by atoms with E-state index in [1.165, 1.54) is 0 Å². The van der Waals surface area contributed by atoms with Crippen LogP contribution in [0.15, 0.2) is 0 Å². The van der Waals surface area contributed by atoms with Gasteiger partial charge in [0.15, 0.2) is 0 Å². The van der Waals surface area contributed by atoms with E-state index in [1.807, 2.05) is 0 Å². The lowest BCUT2D eigenvalue weighted by Gasteiger charge is -2.09. The highest BCUT2D eigenvalue weighted by Crippen LogP contribution is 2.52. The molecule has 1 amide bonds. The minimum atomic E-state index is -2.35. The van der Waals surface area contributed by atoms with Crippen LogP contribution in [0.5, 0.6) is 5.75 Å². The van der Waals surface area contributed by atoms with Crippen molar-refractivity contribution in [1.29, 1.82) is 0 Å². The summed E-state index contributed by atoms with van der Waals surface area (Å²) in [4.78, 5) is 23.4. The molecule has 3 rings (SSSR count). The van der Waals surface area contributed by atoms with Gasteiger partial charge in [-0.2, -0.15) is 8.78 Å². The zero-order valence-corrected chi connectivity index (χ0v) is 17.5. The Hall–Kier alpha value is -2.87. The molecule has 0 aromatic heterocycles. The average Bonchev–Trinajstić information content (AvgIpc) is 3.43. The minimum absolute atomic E-state index is 0.00305. The zero-order valence-electron chi connectivity index (χ0n) is 17.5. The minimum Gasteiger partial charge on any atom is -0.449 e. The van der Waals surface area contributed by atoms with E-state index in [1.54, 1.807) is 0 Å². The van der Waals surface area contributed by atoms with Gasteiger partial charge in [0, 0.05) is 19.4 Å². The molecule has 2 unspecified atom stereocenters. The van der Waals surface area contributed by atoms with Crippen molar-refractivity contribution in [3.05, 3.63) is 29.1 Å². The lowest BCUT2D eigenvalue weighted by Crippen LogP contribution is -2.29. The number of alkyl carbamates (subject to hydrolysis) is 1. The molecule has 1 saturated carbocycles. The molecule has 0 saturated heterocycles. The summed E-state index contributed by atoms with van der Waals surface area (Å²) in [7, 11) is 0. The van der Waals surface area contributed by atoms with Crippen molar-refractivity contribution >= 4 is 12.1 Å². The molecule has 0 bridgehead atoms. The fourth-order valence-electron chi connectivity index (χ4n) is 3.83. The Morgan fingerprint density at radius 1 is 0.879 bits per heavy atom. The molecular formula is C22H22F5NO5. The van der Waals surface area contributed by atoms with E-state index in [2.05, 4.69) is 21.9 Å². The van der Waals surface area contributed by atoms with Crippen LogP contribution in [-0.2, 0) is 14.3 Å². The third-order valence-electron chi connectivity index (χ3n) is 5.60. The van der Waals surface area contributed by atoms with Crippen LogP contribution in [0.25, 0.3) is 0 Å². The largest absolute Gasteiger partial charge is 0.449 e. The maximum Gasteiger partial charge on any atom is 0.407 e. The van der Waals surface area contributed by atoms with Crippen LogP contribution in [0.2, 0.25) is 0 Å². The second kappa shape index (κ2) is 11.3. The number of amides is 1. The van der Waals surface area contributed by atoms with Crippen LogP contribution in [0.4, 0.5) is 26.7 Å². The van der Waals surface area contributed by atoms with Crippen molar-refractivity contribution in [1.82, 2.24) is 5.32 Å². The first kappa shape index (κ1) is 24.8. The normalized spacial score (nSPS) is 21.1. The molecular weight excluding hydrogens is 453 g/mol. The van der Waals surface area contributed by atoms with Gasteiger partial charge in [0.1, 0.15) is 0 Å². The van der Waals surface area contributed by atoms with Crippen molar-refractivity contribution < 1.29 is 45.8 Å². The second-order valence-corrected chi connectivity index (χ2v) is 7.68. The van der Waals surface area contributed by atoms with Gasteiger partial charge in [0.2, 0.25) is 34.8 Å². The second-order valence-electron chi connectivity index (χ2n) is 7.68. The van der Waals surface area contributed by atoms with Crippen molar-refractivity contribution in [3.63, 3.8) is 0 Å². The first-order valence-corrected chi connectivity index (χ1v) is 10.5. The summed E-state index contributed by atoms with van der Waals surface area (Å²) in [5, 5.41) is 2.49. The first-order chi connectivity index (χ1) is 15.8. The molecule has 33 heavy (non-hydrogen) atoms. The van der Waals surface area contributed by atoms with Crippen LogP contribution in [0.3, 0.4) is 0 Å². The SMILES string of the molecule is O=C(CCOCCNC(=O)OCC1C2CCC#CCCC21)Oc1c(F)c(F)c(F)c(F)c1F. The van der Waals surface area contributed by atoms with E-state index in [-0.39, 0.29) is 19.8 Å². The van der Waals surface area contributed by atoms with E-state index < -0.39 is 53.3 Å². The van der Waals surface area contributed by atoms with Gasteiger partial charge in [-0.05, 0) is 30.6 Å². The van der Waals surface area contributed by atoms with E-state index in [0.717, 1.165) is 25.7 Å².